The van der Waals surface area contributed by atoms with Crippen LogP contribution in [0.1, 0.15) is 5.56 Å². The van der Waals surface area contributed by atoms with Crippen LogP contribution in [0.25, 0.3) is 0 Å². The first-order valence-corrected chi connectivity index (χ1v) is 6.47. The van der Waals surface area contributed by atoms with Crippen molar-refractivity contribution >= 4 is 0 Å². The molecule has 4 nitrogen and oxygen atoms in total. The van der Waals surface area contributed by atoms with Crippen molar-refractivity contribution in [3.05, 3.63) is 42.5 Å². The molecule has 1 aromatic rings. The van der Waals surface area contributed by atoms with Crippen molar-refractivity contribution in [3.8, 4) is 5.75 Å². The van der Waals surface area contributed by atoms with Gasteiger partial charge in [0.2, 0.25) is 0 Å². The summed E-state index contributed by atoms with van der Waals surface area (Å²) in [5, 5.41) is 12.9. The van der Waals surface area contributed by atoms with Crippen LogP contribution in [0.5, 0.6) is 5.75 Å². The zero-order valence-electron chi connectivity index (χ0n) is 11.5. The lowest BCUT2D eigenvalue weighted by Gasteiger charge is -2.15. The van der Waals surface area contributed by atoms with E-state index in [-0.39, 0.29) is 6.61 Å². The molecule has 1 atom stereocenters. The minimum Gasteiger partial charge on any atom is -0.491 e. The van der Waals surface area contributed by atoms with Gasteiger partial charge in [-0.2, -0.15) is 0 Å². The molecule has 0 saturated heterocycles. The highest BCUT2D eigenvalue weighted by Crippen LogP contribution is 2.18. The van der Waals surface area contributed by atoms with Gasteiger partial charge in [-0.1, -0.05) is 24.3 Å². The van der Waals surface area contributed by atoms with Gasteiger partial charge in [-0.25, -0.2) is 0 Å². The number of nitrogens with one attached hydrogen (secondary N) is 1. The number of aliphatic hydroxyl groups is 1. The Morgan fingerprint density at radius 1 is 1.42 bits per heavy atom. The molecule has 2 N–H and O–H groups in total. The number of para-hydroxylation sites is 1. The lowest BCUT2D eigenvalue weighted by Crippen LogP contribution is -2.33. The minimum absolute atomic E-state index is 0.272. The van der Waals surface area contributed by atoms with Crippen molar-refractivity contribution < 1.29 is 14.6 Å². The summed E-state index contributed by atoms with van der Waals surface area (Å²) in [4.78, 5) is 0. The SMILES string of the molecule is C=CCc1ccccc1OCC(O)CNCCOC. The largest absolute Gasteiger partial charge is 0.491 e. The third-order valence-corrected chi connectivity index (χ3v) is 2.63. The molecule has 0 aliphatic carbocycles. The Morgan fingerprint density at radius 2 is 2.21 bits per heavy atom. The molecule has 0 bridgehead atoms. The summed E-state index contributed by atoms with van der Waals surface area (Å²) < 4.78 is 10.6. The molecule has 0 spiro atoms. The lowest BCUT2D eigenvalue weighted by atomic mass is 10.1. The Balaban J connectivity index is 2.33. The number of methoxy groups -OCH3 is 1. The summed E-state index contributed by atoms with van der Waals surface area (Å²) in [5.41, 5.74) is 1.08. The molecule has 1 aromatic carbocycles. The normalized spacial score (nSPS) is 12.1. The van der Waals surface area contributed by atoms with E-state index < -0.39 is 6.10 Å². The second-order valence-corrected chi connectivity index (χ2v) is 4.26. The predicted molar refractivity (Wildman–Crippen MR) is 76.6 cm³/mol. The van der Waals surface area contributed by atoms with Crippen LogP contribution in [-0.4, -0.2) is 44.6 Å². The van der Waals surface area contributed by atoms with Crippen LogP contribution < -0.4 is 10.1 Å². The molecule has 0 heterocycles. The third kappa shape index (κ3) is 6.38. The summed E-state index contributed by atoms with van der Waals surface area (Å²) in [7, 11) is 1.65. The average Bonchev–Trinajstić information content (AvgIpc) is 2.43. The summed E-state index contributed by atoms with van der Waals surface area (Å²) in [6.07, 6.45) is 2.07. The van der Waals surface area contributed by atoms with Crippen molar-refractivity contribution in [1.29, 1.82) is 0 Å². The van der Waals surface area contributed by atoms with Crippen LogP contribution in [-0.2, 0) is 11.2 Å². The zero-order valence-corrected chi connectivity index (χ0v) is 11.5. The molecule has 1 unspecified atom stereocenters. The van der Waals surface area contributed by atoms with E-state index in [4.69, 9.17) is 9.47 Å². The molecular weight excluding hydrogens is 242 g/mol. The van der Waals surface area contributed by atoms with Gasteiger partial charge in [-0.15, -0.1) is 6.58 Å². The van der Waals surface area contributed by atoms with Crippen LogP contribution in [0.15, 0.2) is 36.9 Å². The van der Waals surface area contributed by atoms with E-state index in [0.29, 0.717) is 13.2 Å². The Labute approximate surface area is 115 Å². The monoisotopic (exact) mass is 265 g/mol. The molecule has 0 aliphatic rings. The van der Waals surface area contributed by atoms with Crippen molar-refractivity contribution in [1.82, 2.24) is 5.32 Å². The third-order valence-electron chi connectivity index (χ3n) is 2.63. The predicted octanol–water partition coefficient (Wildman–Crippen LogP) is 1.39. The van der Waals surface area contributed by atoms with Crippen LogP contribution in [0, 0.1) is 0 Å². The maximum Gasteiger partial charge on any atom is 0.122 e. The van der Waals surface area contributed by atoms with Gasteiger partial charge in [0.25, 0.3) is 0 Å². The number of allylic oxidation sites excluding steroid dienone is 1. The van der Waals surface area contributed by atoms with Crippen LogP contribution in [0.2, 0.25) is 0 Å². The van der Waals surface area contributed by atoms with E-state index in [1.165, 1.54) is 0 Å². The Kier molecular flexibility index (Phi) is 7.89. The van der Waals surface area contributed by atoms with E-state index in [1.54, 1.807) is 7.11 Å². The Morgan fingerprint density at radius 3 is 2.95 bits per heavy atom. The van der Waals surface area contributed by atoms with Crippen LogP contribution in [0.4, 0.5) is 0 Å². The first-order valence-electron chi connectivity index (χ1n) is 6.47. The van der Waals surface area contributed by atoms with Gasteiger partial charge in [0, 0.05) is 20.2 Å². The molecule has 0 radical (unpaired) electrons. The highest BCUT2D eigenvalue weighted by atomic mass is 16.5. The second kappa shape index (κ2) is 9.55. The van der Waals surface area contributed by atoms with E-state index in [2.05, 4.69) is 11.9 Å². The fraction of sp³-hybridized carbons (Fsp3) is 0.467. The molecule has 4 heteroatoms. The van der Waals surface area contributed by atoms with Gasteiger partial charge >= 0.3 is 0 Å². The summed E-state index contributed by atoms with van der Waals surface area (Å²) in [6, 6.07) is 7.80. The molecule has 106 valence electrons. The Bertz CT molecular complexity index is 368. The first-order chi connectivity index (χ1) is 9.27. The maximum atomic E-state index is 9.78. The van der Waals surface area contributed by atoms with Crippen molar-refractivity contribution in [2.24, 2.45) is 0 Å². The standard InChI is InChI=1S/C15H23NO3/c1-3-6-13-7-4-5-8-15(13)19-12-14(17)11-16-9-10-18-2/h3-5,7-8,14,16-17H,1,6,9-12H2,2H3. The fourth-order valence-electron chi connectivity index (χ4n) is 1.66. The number of ether oxygens (including phenoxy) is 2. The lowest BCUT2D eigenvalue weighted by molar-refractivity contribution is 0.103. The van der Waals surface area contributed by atoms with Gasteiger partial charge < -0.3 is 19.9 Å². The molecule has 19 heavy (non-hydrogen) atoms. The quantitative estimate of drug-likeness (QED) is 0.496. The zero-order chi connectivity index (χ0) is 13.9. The van der Waals surface area contributed by atoms with E-state index in [1.807, 2.05) is 30.3 Å². The van der Waals surface area contributed by atoms with Crippen molar-refractivity contribution in [3.63, 3.8) is 0 Å². The molecular formula is C15H23NO3. The van der Waals surface area contributed by atoms with Crippen molar-refractivity contribution in [2.75, 3.05) is 33.4 Å². The molecule has 0 saturated carbocycles. The number of rotatable bonds is 10. The summed E-state index contributed by atoms with van der Waals surface area (Å²) in [6.45, 7) is 5.85. The van der Waals surface area contributed by atoms with Crippen LogP contribution >= 0.6 is 0 Å². The smallest absolute Gasteiger partial charge is 0.122 e. The van der Waals surface area contributed by atoms with Crippen LogP contribution in [0.3, 0.4) is 0 Å². The number of aliphatic hydroxyl groups excluding tert-OH is 1. The fourth-order valence-corrected chi connectivity index (χ4v) is 1.66. The van der Waals surface area contributed by atoms with E-state index >= 15 is 0 Å². The van der Waals surface area contributed by atoms with E-state index in [9.17, 15) is 5.11 Å². The molecule has 0 aliphatic heterocycles. The molecule has 0 fully saturated rings. The number of hydrogen-bond donors (Lipinski definition) is 2. The van der Waals surface area contributed by atoms with Gasteiger partial charge in [0.15, 0.2) is 0 Å². The van der Waals surface area contributed by atoms with Gasteiger partial charge in [-0.05, 0) is 18.1 Å². The highest BCUT2D eigenvalue weighted by molar-refractivity contribution is 5.34. The highest BCUT2D eigenvalue weighted by Gasteiger charge is 2.06. The summed E-state index contributed by atoms with van der Waals surface area (Å²) in [5.74, 6) is 0.804. The molecule has 0 aromatic heterocycles. The second-order valence-electron chi connectivity index (χ2n) is 4.26. The minimum atomic E-state index is -0.534. The summed E-state index contributed by atoms with van der Waals surface area (Å²) >= 11 is 0. The Hall–Kier alpha value is -1.36. The van der Waals surface area contributed by atoms with Gasteiger partial charge in [0.05, 0.1) is 6.61 Å². The molecule has 0 amide bonds. The maximum absolute atomic E-state index is 9.78. The molecule has 1 rings (SSSR count). The topological polar surface area (TPSA) is 50.7 Å². The average molecular weight is 265 g/mol. The number of hydrogen-bond acceptors (Lipinski definition) is 4. The van der Waals surface area contributed by atoms with Crippen molar-refractivity contribution in [2.45, 2.75) is 12.5 Å². The van der Waals surface area contributed by atoms with E-state index in [0.717, 1.165) is 24.3 Å². The van der Waals surface area contributed by atoms with Gasteiger partial charge in [0.1, 0.15) is 18.5 Å². The first kappa shape index (κ1) is 15.7. The number of benzene rings is 1. The van der Waals surface area contributed by atoms with Gasteiger partial charge in [-0.3, -0.25) is 0 Å².